The molecule has 2 aromatic carbocycles. The Morgan fingerprint density at radius 3 is 2.19 bits per heavy atom. The van der Waals surface area contributed by atoms with Crippen molar-refractivity contribution in [1.82, 2.24) is 0 Å². The van der Waals surface area contributed by atoms with Crippen molar-refractivity contribution in [2.75, 3.05) is 0 Å². The zero-order valence-corrected chi connectivity index (χ0v) is 11.1. The zero-order chi connectivity index (χ0) is 14.8. The van der Waals surface area contributed by atoms with Crippen LogP contribution in [0.25, 0.3) is 11.8 Å². The second kappa shape index (κ2) is 5.21. The molecule has 3 rings (SSSR count). The lowest BCUT2D eigenvalue weighted by Crippen LogP contribution is -2.08. The third-order valence-electron chi connectivity index (χ3n) is 3.36. The van der Waals surface area contributed by atoms with Gasteiger partial charge in [-0.25, -0.2) is 0 Å². The van der Waals surface area contributed by atoms with Gasteiger partial charge in [-0.1, -0.05) is 60.7 Å². The molecule has 1 N–H and O–H groups in total. The van der Waals surface area contributed by atoms with Gasteiger partial charge in [0.1, 0.15) is 11.3 Å². The molecule has 1 aliphatic carbocycles. The summed E-state index contributed by atoms with van der Waals surface area (Å²) in [6, 6.07) is 16.0. The summed E-state index contributed by atoms with van der Waals surface area (Å²) in [6.07, 6.45) is 2.93. The lowest BCUT2D eigenvalue weighted by Gasteiger charge is -1.96. The summed E-state index contributed by atoms with van der Waals surface area (Å²) >= 11 is 0. The molecule has 1 aliphatic rings. The summed E-state index contributed by atoms with van der Waals surface area (Å²) in [5, 5.41) is 10.1. The van der Waals surface area contributed by atoms with Gasteiger partial charge >= 0.3 is 0 Å². The summed E-state index contributed by atoms with van der Waals surface area (Å²) in [5.41, 5.74) is 1.47. The van der Waals surface area contributed by atoms with Gasteiger partial charge in [-0.2, -0.15) is 0 Å². The molecule has 0 atom stereocenters. The van der Waals surface area contributed by atoms with Gasteiger partial charge in [-0.3, -0.25) is 9.59 Å². The van der Waals surface area contributed by atoms with Crippen molar-refractivity contribution in [2.45, 2.75) is 0 Å². The lowest BCUT2D eigenvalue weighted by molar-refractivity contribution is -0.110. The number of aliphatic hydroxyl groups is 1. The zero-order valence-electron chi connectivity index (χ0n) is 11.1. The Labute approximate surface area is 121 Å². The number of benzene rings is 2. The Kier molecular flexibility index (Phi) is 3.24. The van der Waals surface area contributed by atoms with Gasteiger partial charge in [-0.15, -0.1) is 0 Å². The van der Waals surface area contributed by atoms with Crippen LogP contribution in [0.1, 0.15) is 21.5 Å². The van der Waals surface area contributed by atoms with E-state index in [4.69, 9.17) is 0 Å². The molecule has 21 heavy (non-hydrogen) atoms. The van der Waals surface area contributed by atoms with Crippen molar-refractivity contribution in [3.05, 3.63) is 82.9 Å². The summed E-state index contributed by atoms with van der Waals surface area (Å²) in [4.78, 5) is 24.4. The maximum absolute atomic E-state index is 12.2. The van der Waals surface area contributed by atoms with E-state index in [2.05, 4.69) is 0 Å². The summed E-state index contributed by atoms with van der Waals surface area (Å²) in [6.45, 7) is 0. The molecule has 0 aromatic heterocycles. The highest BCUT2D eigenvalue weighted by Crippen LogP contribution is 2.31. The van der Waals surface area contributed by atoms with E-state index in [0.29, 0.717) is 11.1 Å². The monoisotopic (exact) mass is 276 g/mol. The van der Waals surface area contributed by atoms with Crippen molar-refractivity contribution < 1.29 is 14.7 Å². The predicted octanol–water partition coefficient (Wildman–Crippen LogP) is 3.43. The Morgan fingerprint density at radius 1 is 0.905 bits per heavy atom. The predicted molar refractivity (Wildman–Crippen MR) is 80.8 cm³/mol. The molecule has 0 saturated carbocycles. The molecule has 0 aliphatic heterocycles. The highest BCUT2D eigenvalue weighted by molar-refractivity contribution is 6.36. The normalized spacial score (nSPS) is 13.8. The molecular weight excluding hydrogens is 264 g/mol. The molecule has 0 fully saturated rings. The minimum atomic E-state index is -0.488. The number of carbonyl (C=O) groups is 2. The van der Waals surface area contributed by atoms with Gasteiger partial charge in [0.2, 0.25) is 5.78 Å². The average molecular weight is 276 g/mol. The molecule has 0 bridgehead atoms. The SMILES string of the molecule is O=C(C=Cc1ccccc1)C1=C(O)c2ccccc2C1=O. The first-order valence-corrected chi connectivity index (χ1v) is 6.53. The number of carbonyl (C=O) groups excluding carboxylic acids is 2. The number of hydrogen-bond acceptors (Lipinski definition) is 3. The van der Waals surface area contributed by atoms with Crippen molar-refractivity contribution in [1.29, 1.82) is 0 Å². The maximum Gasteiger partial charge on any atom is 0.201 e. The van der Waals surface area contributed by atoms with Crippen molar-refractivity contribution in [2.24, 2.45) is 0 Å². The molecule has 0 amide bonds. The van der Waals surface area contributed by atoms with Gasteiger partial charge < -0.3 is 5.11 Å². The van der Waals surface area contributed by atoms with Gasteiger partial charge in [0, 0.05) is 11.1 Å². The number of Topliss-reactive ketones (excluding diaryl/α,β-unsaturated/α-hetero) is 1. The second-order valence-electron chi connectivity index (χ2n) is 4.71. The first kappa shape index (κ1) is 13.1. The topological polar surface area (TPSA) is 54.4 Å². The molecular formula is C18H12O3. The number of fused-ring (bicyclic) bond motifs is 1. The van der Waals surface area contributed by atoms with Crippen LogP contribution in [0.4, 0.5) is 0 Å². The summed E-state index contributed by atoms with van der Waals surface area (Å²) < 4.78 is 0. The summed E-state index contributed by atoms with van der Waals surface area (Å²) in [7, 11) is 0. The van der Waals surface area contributed by atoms with E-state index >= 15 is 0 Å². The van der Waals surface area contributed by atoms with Gasteiger partial charge in [0.15, 0.2) is 5.78 Å². The van der Waals surface area contributed by atoms with Gasteiger partial charge in [-0.05, 0) is 11.6 Å². The van der Waals surface area contributed by atoms with E-state index in [0.717, 1.165) is 5.56 Å². The fraction of sp³-hybridized carbons (Fsp3) is 0. The van der Waals surface area contributed by atoms with Crippen LogP contribution >= 0.6 is 0 Å². The maximum atomic E-state index is 12.2. The average Bonchev–Trinajstić information content (AvgIpc) is 2.78. The minimum absolute atomic E-state index is 0.164. The molecule has 0 saturated heterocycles. The van der Waals surface area contributed by atoms with E-state index in [1.807, 2.05) is 30.3 Å². The molecule has 0 radical (unpaired) electrons. The lowest BCUT2D eigenvalue weighted by atomic mass is 10.1. The van der Waals surface area contributed by atoms with Crippen LogP contribution in [0.15, 0.2) is 66.2 Å². The Balaban J connectivity index is 1.92. The number of aliphatic hydroxyl groups excluding tert-OH is 1. The first-order chi connectivity index (χ1) is 10.2. The van der Waals surface area contributed by atoms with E-state index in [9.17, 15) is 14.7 Å². The van der Waals surface area contributed by atoms with Crippen LogP contribution in [0, 0.1) is 0 Å². The van der Waals surface area contributed by atoms with Crippen molar-refractivity contribution in [3.63, 3.8) is 0 Å². The van der Waals surface area contributed by atoms with Gasteiger partial charge in [0.25, 0.3) is 0 Å². The second-order valence-corrected chi connectivity index (χ2v) is 4.71. The fourth-order valence-corrected chi connectivity index (χ4v) is 2.31. The van der Waals surface area contributed by atoms with E-state index in [-0.39, 0.29) is 11.3 Å². The number of rotatable bonds is 3. The molecule has 102 valence electrons. The number of hydrogen-bond donors (Lipinski definition) is 1. The molecule has 0 heterocycles. The van der Waals surface area contributed by atoms with Crippen LogP contribution < -0.4 is 0 Å². The minimum Gasteiger partial charge on any atom is -0.506 e. The molecule has 3 nitrogen and oxygen atoms in total. The van der Waals surface area contributed by atoms with Crippen LogP contribution in [0.3, 0.4) is 0 Å². The molecule has 0 spiro atoms. The van der Waals surface area contributed by atoms with Crippen molar-refractivity contribution >= 4 is 23.4 Å². The van der Waals surface area contributed by atoms with Crippen LogP contribution in [-0.4, -0.2) is 16.7 Å². The standard InChI is InChI=1S/C18H12O3/c19-15(11-10-12-6-2-1-3-7-12)16-17(20)13-8-4-5-9-14(13)18(16)21/h1-11,20H. The largest absolute Gasteiger partial charge is 0.506 e. The highest BCUT2D eigenvalue weighted by Gasteiger charge is 2.32. The van der Waals surface area contributed by atoms with E-state index in [1.165, 1.54) is 6.08 Å². The third-order valence-corrected chi connectivity index (χ3v) is 3.36. The quantitative estimate of drug-likeness (QED) is 0.690. The fourth-order valence-electron chi connectivity index (χ4n) is 2.31. The smallest absolute Gasteiger partial charge is 0.201 e. The van der Waals surface area contributed by atoms with E-state index in [1.54, 1.807) is 30.3 Å². The number of allylic oxidation sites excluding steroid dienone is 2. The van der Waals surface area contributed by atoms with Crippen LogP contribution in [0.2, 0.25) is 0 Å². The van der Waals surface area contributed by atoms with Crippen LogP contribution in [0.5, 0.6) is 0 Å². The molecule has 3 heteroatoms. The number of ketones is 2. The Bertz CT molecular complexity index is 783. The third kappa shape index (κ3) is 2.30. The van der Waals surface area contributed by atoms with E-state index < -0.39 is 11.6 Å². The Morgan fingerprint density at radius 2 is 1.52 bits per heavy atom. The molecule has 0 unspecified atom stereocenters. The van der Waals surface area contributed by atoms with Crippen LogP contribution in [-0.2, 0) is 4.79 Å². The summed E-state index contributed by atoms with van der Waals surface area (Å²) in [5.74, 6) is -1.15. The first-order valence-electron chi connectivity index (χ1n) is 6.53. The highest BCUT2D eigenvalue weighted by atomic mass is 16.3. The Hall–Kier alpha value is -2.94. The van der Waals surface area contributed by atoms with Gasteiger partial charge in [0.05, 0.1) is 0 Å². The van der Waals surface area contributed by atoms with Crippen molar-refractivity contribution in [3.8, 4) is 0 Å². The molecule has 2 aromatic rings.